The van der Waals surface area contributed by atoms with E-state index in [0.717, 1.165) is 29.8 Å². The molecule has 0 saturated heterocycles. The van der Waals surface area contributed by atoms with Gasteiger partial charge in [0, 0.05) is 12.1 Å². The lowest BCUT2D eigenvalue weighted by molar-refractivity contribution is 0.303. The Morgan fingerprint density at radius 1 is 1.09 bits per heavy atom. The molecule has 0 aliphatic heterocycles. The smallest absolute Gasteiger partial charge is 0.188 e. The van der Waals surface area contributed by atoms with E-state index in [1.807, 2.05) is 54.6 Å². The molecular weight excluding hydrogens is 274 g/mol. The Kier molecular flexibility index (Phi) is 6.30. The van der Waals surface area contributed by atoms with Gasteiger partial charge in [0.15, 0.2) is 5.96 Å². The van der Waals surface area contributed by atoms with E-state index in [1.165, 1.54) is 0 Å². The molecule has 116 valence electrons. The summed E-state index contributed by atoms with van der Waals surface area (Å²) in [4.78, 5) is 4.35. The van der Waals surface area contributed by atoms with Gasteiger partial charge in [0.1, 0.15) is 12.4 Å². The molecule has 0 unspecified atom stereocenters. The number of para-hydroxylation sites is 1. The van der Waals surface area contributed by atoms with Crippen molar-refractivity contribution in [2.45, 2.75) is 26.5 Å². The molecule has 0 fully saturated rings. The van der Waals surface area contributed by atoms with E-state index in [4.69, 9.17) is 10.5 Å². The predicted octanol–water partition coefficient (Wildman–Crippen LogP) is 3.08. The van der Waals surface area contributed by atoms with E-state index in [1.54, 1.807) is 0 Å². The van der Waals surface area contributed by atoms with Gasteiger partial charge in [0.2, 0.25) is 0 Å². The molecule has 22 heavy (non-hydrogen) atoms. The van der Waals surface area contributed by atoms with Crippen molar-refractivity contribution in [2.24, 2.45) is 10.7 Å². The highest BCUT2D eigenvalue weighted by Crippen LogP contribution is 2.20. The Morgan fingerprint density at radius 2 is 1.82 bits per heavy atom. The zero-order valence-electron chi connectivity index (χ0n) is 13.0. The number of guanidine groups is 1. The molecular formula is C18H23N3O. The van der Waals surface area contributed by atoms with E-state index in [-0.39, 0.29) is 0 Å². The minimum absolute atomic E-state index is 0.472. The third-order valence-corrected chi connectivity index (χ3v) is 3.19. The number of ether oxygens (including phenoxy) is 1. The number of hydrogen-bond acceptors (Lipinski definition) is 2. The molecule has 0 spiro atoms. The van der Waals surface area contributed by atoms with Crippen LogP contribution in [0.15, 0.2) is 59.6 Å². The van der Waals surface area contributed by atoms with Crippen LogP contribution in [0.25, 0.3) is 0 Å². The molecule has 4 nitrogen and oxygen atoms in total. The van der Waals surface area contributed by atoms with Crippen LogP contribution in [0.1, 0.15) is 24.5 Å². The molecule has 0 bridgehead atoms. The summed E-state index contributed by atoms with van der Waals surface area (Å²) in [7, 11) is 0. The Labute approximate surface area is 132 Å². The van der Waals surface area contributed by atoms with Crippen LogP contribution in [0.4, 0.5) is 0 Å². The maximum absolute atomic E-state index is 5.91. The first-order valence-corrected chi connectivity index (χ1v) is 7.58. The molecule has 0 radical (unpaired) electrons. The maximum atomic E-state index is 5.91. The summed E-state index contributed by atoms with van der Waals surface area (Å²) >= 11 is 0. The van der Waals surface area contributed by atoms with E-state index in [9.17, 15) is 0 Å². The first kappa shape index (κ1) is 15.9. The second-order valence-corrected chi connectivity index (χ2v) is 5.01. The fraction of sp³-hybridized carbons (Fsp3) is 0.278. The van der Waals surface area contributed by atoms with Gasteiger partial charge in [-0.05, 0) is 18.1 Å². The number of nitrogens with one attached hydrogen (secondary N) is 1. The Bertz CT molecular complexity index is 596. The lowest BCUT2D eigenvalue weighted by Crippen LogP contribution is -2.32. The van der Waals surface area contributed by atoms with Crippen LogP contribution < -0.4 is 15.8 Å². The first-order chi connectivity index (χ1) is 10.8. The number of aliphatic imine (C=N–C) groups is 1. The van der Waals surface area contributed by atoms with Gasteiger partial charge in [-0.25, -0.2) is 4.99 Å². The predicted molar refractivity (Wildman–Crippen MR) is 90.8 cm³/mol. The summed E-state index contributed by atoms with van der Waals surface area (Å²) in [6.45, 7) is 3.98. The summed E-state index contributed by atoms with van der Waals surface area (Å²) in [5, 5.41) is 3.07. The lowest BCUT2D eigenvalue weighted by Gasteiger charge is -2.11. The SMILES string of the molecule is CCCNC(N)=NCc1ccccc1OCc1ccccc1. The quantitative estimate of drug-likeness (QED) is 0.610. The Morgan fingerprint density at radius 3 is 2.59 bits per heavy atom. The number of benzene rings is 2. The molecule has 0 atom stereocenters. The van der Waals surface area contributed by atoms with Crippen molar-refractivity contribution in [1.82, 2.24) is 5.32 Å². The fourth-order valence-electron chi connectivity index (χ4n) is 1.99. The molecule has 2 rings (SSSR count). The van der Waals surface area contributed by atoms with E-state index in [0.29, 0.717) is 19.1 Å². The molecule has 3 N–H and O–H groups in total. The average Bonchev–Trinajstić information content (AvgIpc) is 2.58. The van der Waals surface area contributed by atoms with Gasteiger partial charge >= 0.3 is 0 Å². The molecule has 4 heteroatoms. The van der Waals surface area contributed by atoms with Crippen molar-refractivity contribution >= 4 is 5.96 Å². The van der Waals surface area contributed by atoms with Crippen LogP contribution in [-0.4, -0.2) is 12.5 Å². The van der Waals surface area contributed by atoms with Gasteiger partial charge in [0.05, 0.1) is 6.54 Å². The number of hydrogen-bond donors (Lipinski definition) is 2. The van der Waals surface area contributed by atoms with E-state index in [2.05, 4.69) is 17.2 Å². The minimum Gasteiger partial charge on any atom is -0.489 e. The summed E-state index contributed by atoms with van der Waals surface area (Å²) in [6, 6.07) is 18.0. The Balaban J connectivity index is 1.97. The van der Waals surface area contributed by atoms with Crippen LogP contribution in [0, 0.1) is 0 Å². The second-order valence-electron chi connectivity index (χ2n) is 5.01. The number of nitrogens with two attached hydrogens (primary N) is 1. The fourth-order valence-corrected chi connectivity index (χ4v) is 1.99. The summed E-state index contributed by atoms with van der Waals surface area (Å²) in [6.07, 6.45) is 1.02. The largest absolute Gasteiger partial charge is 0.489 e. The molecule has 0 amide bonds. The van der Waals surface area contributed by atoms with Crippen LogP contribution in [0.5, 0.6) is 5.75 Å². The summed E-state index contributed by atoms with van der Waals surface area (Å²) < 4.78 is 5.91. The van der Waals surface area contributed by atoms with Crippen molar-refractivity contribution in [3.63, 3.8) is 0 Å². The van der Waals surface area contributed by atoms with Crippen LogP contribution in [0.2, 0.25) is 0 Å². The highest BCUT2D eigenvalue weighted by Gasteiger charge is 2.03. The van der Waals surface area contributed by atoms with Crippen LogP contribution in [-0.2, 0) is 13.2 Å². The normalized spacial score (nSPS) is 11.2. The molecule has 0 aromatic heterocycles. The van der Waals surface area contributed by atoms with Gasteiger partial charge in [-0.2, -0.15) is 0 Å². The van der Waals surface area contributed by atoms with Gasteiger partial charge in [-0.1, -0.05) is 55.5 Å². The maximum Gasteiger partial charge on any atom is 0.188 e. The monoisotopic (exact) mass is 297 g/mol. The van der Waals surface area contributed by atoms with Crippen molar-refractivity contribution in [3.8, 4) is 5.75 Å². The average molecular weight is 297 g/mol. The standard InChI is InChI=1S/C18H23N3O/c1-2-12-20-18(19)21-13-16-10-6-7-11-17(16)22-14-15-8-4-3-5-9-15/h3-11H,2,12-14H2,1H3,(H3,19,20,21). The van der Waals surface area contributed by atoms with Crippen molar-refractivity contribution < 1.29 is 4.74 Å². The zero-order valence-corrected chi connectivity index (χ0v) is 13.0. The third-order valence-electron chi connectivity index (χ3n) is 3.19. The van der Waals surface area contributed by atoms with Crippen LogP contribution >= 0.6 is 0 Å². The summed E-state index contributed by atoms with van der Waals surface area (Å²) in [5.41, 5.74) is 7.99. The van der Waals surface area contributed by atoms with E-state index >= 15 is 0 Å². The van der Waals surface area contributed by atoms with E-state index < -0.39 is 0 Å². The number of rotatable bonds is 7. The van der Waals surface area contributed by atoms with Crippen LogP contribution in [0.3, 0.4) is 0 Å². The van der Waals surface area contributed by atoms with Gasteiger partial charge < -0.3 is 15.8 Å². The highest BCUT2D eigenvalue weighted by molar-refractivity contribution is 5.77. The first-order valence-electron chi connectivity index (χ1n) is 7.58. The van der Waals surface area contributed by atoms with Gasteiger partial charge in [-0.3, -0.25) is 0 Å². The highest BCUT2D eigenvalue weighted by atomic mass is 16.5. The molecule has 0 aliphatic rings. The van der Waals surface area contributed by atoms with Crippen molar-refractivity contribution in [3.05, 3.63) is 65.7 Å². The van der Waals surface area contributed by atoms with Gasteiger partial charge in [0.25, 0.3) is 0 Å². The molecule has 2 aromatic carbocycles. The molecule has 0 heterocycles. The molecule has 0 aliphatic carbocycles. The molecule has 0 saturated carbocycles. The minimum atomic E-state index is 0.472. The lowest BCUT2D eigenvalue weighted by atomic mass is 10.2. The van der Waals surface area contributed by atoms with Crippen molar-refractivity contribution in [2.75, 3.05) is 6.54 Å². The zero-order chi connectivity index (χ0) is 15.6. The summed E-state index contributed by atoms with van der Waals surface area (Å²) in [5.74, 6) is 1.32. The Hall–Kier alpha value is -2.49. The topological polar surface area (TPSA) is 59.6 Å². The third kappa shape index (κ3) is 5.13. The van der Waals surface area contributed by atoms with Gasteiger partial charge in [-0.15, -0.1) is 0 Å². The molecule has 2 aromatic rings. The number of nitrogens with zero attached hydrogens (tertiary/aromatic N) is 1. The second kappa shape index (κ2) is 8.72. The van der Waals surface area contributed by atoms with Crippen molar-refractivity contribution in [1.29, 1.82) is 0 Å².